The lowest BCUT2D eigenvalue weighted by atomic mass is 10.0. The number of nitrogens with zero attached hydrogens (tertiary/aromatic N) is 4. The summed E-state index contributed by atoms with van der Waals surface area (Å²) in [6.45, 7) is 2.04. The van der Waals surface area contributed by atoms with Gasteiger partial charge >= 0.3 is 0 Å². The van der Waals surface area contributed by atoms with Crippen LogP contribution in [0.1, 0.15) is 40.7 Å². The van der Waals surface area contributed by atoms with Crippen LogP contribution in [0.15, 0.2) is 91.1 Å². The van der Waals surface area contributed by atoms with Crippen molar-refractivity contribution in [1.29, 1.82) is 0 Å². The highest BCUT2D eigenvalue weighted by Crippen LogP contribution is 2.38. The molecule has 0 spiro atoms. The molecule has 4 aromatic rings. The minimum absolute atomic E-state index is 0.0278. The number of benzene rings is 3. The zero-order valence-electron chi connectivity index (χ0n) is 16.5. The maximum absolute atomic E-state index is 13.5. The monoisotopic (exact) mass is 395 g/mol. The molecule has 0 unspecified atom stereocenters. The van der Waals surface area contributed by atoms with E-state index in [1.54, 1.807) is 11.0 Å². The second-order valence-corrected chi connectivity index (χ2v) is 7.29. The predicted octanol–water partition coefficient (Wildman–Crippen LogP) is 4.60. The van der Waals surface area contributed by atoms with Crippen molar-refractivity contribution in [3.05, 3.63) is 108 Å². The largest absolute Gasteiger partial charge is 0.359 e. The number of amides is 1. The minimum atomic E-state index is -0.430. The van der Waals surface area contributed by atoms with Crippen molar-refractivity contribution in [2.24, 2.45) is 0 Å². The first-order chi connectivity index (χ1) is 14.7. The number of carbonyl (C=O) groups is 1. The van der Waals surface area contributed by atoms with Gasteiger partial charge in [0, 0.05) is 5.69 Å². The third kappa shape index (κ3) is 3.12. The van der Waals surface area contributed by atoms with Gasteiger partial charge in [-0.3, -0.25) is 4.79 Å². The fourth-order valence-corrected chi connectivity index (χ4v) is 3.86. The van der Waals surface area contributed by atoms with Crippen LogP contribution in [0.4, 0.5) is 5.69 Å². The van der Waals surface area contributed by atoms with E-state index in [1.165, 1.54) is 0 Å². The summed E-state index contributed by atoms with van der Waals surface area (Å²) in [7, 11) is 0. The van der Waals surface area contributed by atoms with Crippen LogP contribution in [0.3, 0.4) is 0 Å². The van der Waals surface area contributed by atoms with Crippen molar-refractivity contribution in [2.75, 3.05) is 5.32 Å². The third-order valence-corrected chi connectivity index (χ3v) is 5.44. The molecule has 0 saturated heterocycles. The molecular formula is C24H21N5O. The van der Waals surface area contributed by atoms with Crippen molar-refractivity contribution in [2.45, 2.75) is 19.1 Å². The maximum atomic E-state index is 13.5. The van der Waals surface area contributed by atoms with Gasteiger partial charge in [-0.15, -0.1) is 5.10 Å². The van der Waals surface area contributed by atoms with Crippen molar-refractivity contribution in [1.82, 2.24) is 19.9 Å². The van der Waals surface area contributed by atoms with Gasteiger partial charge in [0.05, 0.1) is 23.5 Å². The second-order valence-electron chi connectivity index (χ2n) is 7.29. The van der Waals surface area contributed by atoms with E-state index in [0.717, 1.165) is 16.9 Å². The van der Waals surface area contributed by atoms with Crippen molar-refractivity contribution in [3.8, 4) is 5.69 Å². The number of carbonyl (C=O) groups excluding carboxylic acids is 1. The molecule has 0 saturated carbocycles. The third-order valence-electron chi connectivity index (χ3n) is 5.44. The zero-order chi connectivity index (χ0) is 20.5. The van der Waals surface area contributed by atoms with Gasteiger partial charge in [-0.1, -0.05) is 60.7 Å². The maximum Gasteiger partial charge on any atom is 0.258 e. The van der Waals surface area contributed by atoms with E-state index >= 15 is 0 Å². The lowest BCUT2D eigenvalue weighted by Crippen LogP contribution is -2.44. The summed E-state index contributed by atoms with van der Waals surface area (Å²) in [4.78, 5) is 17.0. The molecule has 148 valence electrons. The highest BCUT2D eigenvalue weighted by molar-refractivity contribution is 6.01. The molecule has 1 amide bonds. The summed E-state index contributed by atoms with van der Waals surface area (Å²) >= 11 is 0. The Bertz CT molecular complexity index is 1170. The van der Waals surface area contributed by atoms with Gasteiger partial charge in [-0.05, 0) is 36.8 Å². The summed E-state index contributed by atoms with van der Waals surface area (Å²) in [5.41, 5.74) is 4.08. The molecule has 1 aromatic heterocycles. The van der Waals surface area contributed by atoms with E-state index in [9.17, 15) is 4.79 Å². The van der Waals surface area contributed by atoms with Gasteiger partial charge in [0.2, 0.25) is 0 Å². The van der Waals surface area contributed by atoms with E-state index in [1.807, 2.05) is 96.8 Å². The summed E-state index contributed by atoms with van der Waals surface area (Å²) in [5, 5.41) is 12.6. The van der Waals surface area contributed by atoms with Gasteiger partial charge in [-0.25, -0.2) is 0 Å². The van der Waals surface area contributed by atoms with Crippen LogP contribution in [0.5, 0.6) is 0 Å². The van der Waals surface area contributed by atoms with Gasteiger partial charge < -0.3 is 10.2 Å². The number of para-hydroxylation sites is 2. The van der Waals surface area contributed by atoms with E-state index in [0.29, 0.717) is 11.3 Å². The Morgan fingerprint density at radius 3 is 2.33 bits per heavy atom. The minimum Gasteiger partial charge on any atom is -0.359 e. The van der Waals surface area contributed by atoms with Crippen LogP contribution in [0, 0.1) is 0 Å². The summed E-state index contributed by atoms with van der Waals surface area (Å²) < 4.78 is 0. The highest BCUT2D eigenvalue weighted by Gasteiger charge is 2.37. The number of fused-ring (bicyclic) bond motifs is 1. The Kier molecular flexibility index (Phi) is 4.52. The molecule has 5 rings (SSSR count). The van der Waals surface area contributed by atoms with E-state index in [2.05, 4.69) is 15.5 Å². The second kappa shape index (κ2) is 7.48. The van der Waals surface area contributed by atoms with Gasteiger partial charge in [0.25, 0.3) is 5.91 Å². The van der Waals surface area contributed by atoms with Gasteiger partial charge in [0.15, 0.2) is 0 Å². The number of hydrogen-bond donors (Lipinski definition) is 1. The smallest absolute Gasteiger partial charge is 0.258 e. The lowest BCUT2D eigenvalue weighted by Gasteiger charge is -2.40. The van der Waals surface area contributed by atoms with E-state index < -0.39 is 6.17 Å². The Labute approximate surface area is 174 Å². The topological polar surface area (TPSA) is 63.1 Å². The fourth-order valence-electron chi connectivity index (χ4n) is 3.86. The summed E-state index contributed by atoms with van der Waals surface area (Å²) in [6, 6.07) is 27.2. The summed E-state index contributed by atoms with van der Waals surface area (Å²) in [6.07, 6.45) is 1.29. The molecule has 6 heteroatoms. The van der Waals surface area contributed by atoms with Crippen LogP contribution in [0.2, 0.25) is 0 Å². The zero-order valence-corrected chi connectivity index (χ0v) is 16.5. The van der Waals surface area contributed by atoms with Crippen molar-refractivity contribution < 1.29 is 4.79 Å². The predicted molar refractivity (Wildman–Crippen MR) is 115 cm³/mol. The van der Waals surface area contributed by atoms with Gasteiger partial charge in [-0.2, -0.15) is 9.90 Å². The number of anilines is 1. The van der Waals surface area contributed by atoms with Crippen LogP contribution in [0.25, 0.3) is 5.69 Å². The quantitative estimate of drug-likeness (QED) is 0.549. The molecular weight excluding hydrogens is 374 g/mol. The number of hydrogen-bond acceptors (Lipinski definition) is 4. The van der Waals surface area contributed by atoms with Crippen LogP contribution in [-0.4, -0.2) is 25.8 Å². The molecule has 2 heterocycles. The highest BCUT2D eigenvalue weighted by atomic mass is 16.2. The van der Waals surface area contributed by atoms with Crippen LogP contribution >= 0.6 is 0 Å². The average Bonchev–Trinajstić information content (AvgIpc) is 3.30. The number of rotatable bonds is 4. The Morgan fingerprint density at radius 2 is 1.57 bits per heavy atom. The Morgan fingerprint density at radius 1 is 0.900 bits per heavy atom. The summed E-state index contributed by atoms with van der Waals surface area (Å²) in [5.74, 6) is -0.0278. The molecule has 0 aliphatic carbocycles. The molecule has 30 heavy (non-hydrogen) atoms. The molecule has 0 radical (unpaired) electrons. The molecule has 0 fully saturated rings. The standard InChI is InChI=1S/C24H21N5O/c1-17(18-10-4-2-5-11-18)28-23(26-21-15-9-8-14-20(21)24(28)30)22-16-25-29(27-22)19-12-6-3-7-13-19/h2-17,23,26H,1H3/t17-,23+/m1/s1. The van der Waals surface area contributed by atoms with E-state index in [-0.39, 0.29) is 11.9 Å². The Balaban J connectivity index is 1.58. The fraction of sp³-hybridized carbons (Fsp3) is 0.125. The first-order valence-corrected chi connectivity index (χ1v) is 9.93. The first-order valence-electron chi connectivity index (χ1n) is 9.93. The lowest BCUT2D eigenvalue weighted by molar-refractivity contribution is 0.0591. The molecule has 1 aliphatic heterocycles. The Hall–Kier alpha value is -3.93. The van der Waals surface area contributed by atoms with Gasteiger partial charge in [0.1, 0.15) is 11.9 Å². The molecule has 3 aromatic carbocycles. The van der Waals surface area contributed by atoms with Crippen molar-refractivity contribution in [3.63, 3.8) is 0 Å². The molecule has 1 N–H and O–H groups in total. The average molecular weight is 395 g/mol. The normalized spacial score (nSPS) is 16.6. The molecule has 6 nitrogen and oxygen atoms in total. The van der Waals surface area contributed by atoms with Crippen LogP contribution in [-0.2, 0) is 0 Å². The molecule has 1 aliphatic rings. The van der Waals surface area contributed by atoms with Crippen molar-refractivity contribution >= 4 is 11.6 Å². The number of aromatic nitrogens is 3. The van der Waals surface area contributed by atoms with E-state index in [4.69, 9.17) is 0 Å². The number of nitrogens with one attached hydrogen (secondary N) is 1. The SMILES string of the molecule is C[C@H](c1ccccc1)N1C(=O)c2ccccc2N[C@@H]1c1cnn(-c2ccccc2)n1. The van der Waals surface area contributed by atoms with Crippen LogP contribution < -0.4 is 5.32 Å². The molecule has 2 atom stereocenters. The molecule has 0 bridgehead atoms. The first kappa shape index (κ1) is 18.1.